The summed E-state index contributed by atoms with van der Waals surface area (Å²) in [6.45, 7) is 5.09. The van der Waals surface area contributed by atoms with Gasteiger partial charge in [0.25, 0.3) is 0 Å². The number of rotatable bonds is 5. The van der Waals surface area contributed by atoms with Gasteiger partial charge in [-0.2, -0.15) is 0 Å². The second kappa shape index (κ2) is 6.07. The lowest BCUT2D eigenvalue weighted by Gasteiger charge is -2.18. The van der Waals surface area contributed by atoms with Crippen LogP contribution < -0.4 is 10.1 Å². The largest absolute Gasteiger partial charge is 0.491 e. The van der Waals surface area contributed by atoms with Crippen molar-refractivity contribution in [2.45, 2.75) is 38.5 Å². The Balaban J connectivity index is 1.98. The van der Waals surface area contributed by atoms with Crippen LogP contribution in [0.1, 0.15) is 20.3 Å². The summed E-state index contributed by atoms with van der Waals surface area (Å²) < 4.78 is 11.0. The summed E-state index contributed by atoms with van der Waals surface area (Å²) in [4.78, 5) is 0. The maximum Gasteiger partial charge on any atom is 0.121 e. The Labute approximate surface area is 108 Å². The Bertz CT molecular complexity index is 383. The fourth-order valence-corrected chi connectivity index (χ4v) is 1.87. The fourth-order valence-electron chi connectivity index (χ4n) is 1.87. The van der Waals surface area contributed by atoms with Crippen LogP contribution in [-0.2, 0) is 4.74 Å². The third kappa shape index (κ3) is 3.37. The van der Waals surface area contributed by atoms with Crippen molar-refractivity contribution in [2.24, 2.45) is 0 Å². The molecule has 0 radical (unpaired) electrons. The molecule has 0 amide bonds. The predicted molar refractivity (Wildman–Crippen MR) is 71.1 cm³/mol. The van der Waals surface area contributed by atoms with Gasteiger partial charge in [0, 0.05) is 11.8 Å². The molecule has 100 valence electrons. The lowest BCUT2D eigenvalue weighted by Crippen LogP contribution is -2.31. The van der Waals surface area contributed by atoms with Gasteiger partial charge >= 0.3 is 0 Å². The Morgan fingerprint density at radius 1 is 1.50 bits per heavy atom. The van der Waals surface area contributed by atoms with Gasteiger partial charge in [0.05, 0.1) is 31.5 Å². The van der Waals surface area contributed by atoms with E-state index < -0.39 is 6.10 Å². The standard InChI is InChI=1S/C14H21NO3/c1-3-10(2)18-12-6-4-5-11(7-12)15-13-8-17-9-14(13)16/h4-7,10,13-16H,3,8-9H2,1-2H3. The summed E-state index contributed by atoms with van der Waals surface area (Å²) in [6.07, 6.45) is 0.747. The van der Waals surface area contributed by atoms with Gasteiger partial charge in [-0.15, -0.1) is 0 Å². The molecule has 2 N–H and O–H groups in total. The molecule has 4 nitrogen and oxygen atoms in total. The molecule has 2 rings (SSSR count). The molecular weight excluding hydrogens is 230 g/mol. The van der Waals surface area contributed by atoms with Crippen LogP contribution in [0.25, 0.3) is 0 Å². The number of aliphatic hydroxyl groups is 1. The first-order valence-electron chi connectivity index (χ1n) is 6.48. The van der Waals surface area contributed by atoms with Crippen molar-refractivity contribution in [1.82, 2.24) is 0 Å². The molecular formula is C14H21NO3. The van der Waals surface area contributed by atoms with Crippen molar-refractivity contribution >= 4 is 5.69 Å². The molecule has 1 aliphatic heterocycles. The molecule has 4 heteroatoms. The van der Waals surface area contributed by atoms with Crippen molar-refractivity contribution in [3.63, 3.8) is 0 Å². The van der Waals surface area contributed by atoms with Crippen molar-refractivity contribution < 1.29 is 14.6 Å². The number of anilines is 1. The maximum absolute atomic E-state index is 9.68. The molecule has 3 atom stereocenters. The van der Waals surface area contributed by atoms with E-state index in [-0.39, 0.29) is 12.1 Å². The van der Waals surface area contributed by atoms with Gasteiger partial charge in [-0.3, -0.25) is 0 Å². The Morgan fingerprint density at radius 3 is 3.00 bits per heavy atom. The highest BCUT2D eigenvalue weighted by Crippen LogP contribution is 2.21. The van der Waals surface area contributed by atoms with Crippen molar-refractivity contribution in [3.05, 3.63) is 24.3 Å². The van der Waals surface area contributed by atoms with Gasteiger partial charge in [0.2, 0.25) is 0 Å². The zero-order valence-corrected chi connectivity index (χ0v) is 10.9. The minimum atomic E-state index is -0.441. The van der Waals surface area contributed by atoms with Gasteiger partial charge in [0.15, 0.2) is 0 Å². The van der Waals surface area contributed by atoms with Crippen molar-refractivity contribution in [2.75, 3.05) is 18.5 Å². The highest BCUT2D eigenvalue weighted by Gasteiger charge is 2.25. The Kier molecular flexibility index (Phi) is 4.44. The van der Waals surface area contributed by atoms with Crippen LogP contribution >= 0.6 is 0 Å². The van der Waals surface area contributed by atoms with Crippen LogP contribution in [0.5, 0.6) is 5.75 Å². The van der Waals surface area contributed by atoms with Gasteiger partial charge < -0.3 is 19.9 Å². The maximum atomic E-state index is 9.68. The van der Waals surface area contributed by atoms with Crippen LogP contribution in [0.15, 0.2) is 24.3 Å². The summed E-state index contributed by atoms with van der Waals surface area (Å²) in [6, 6.07) is 7.77. The molecule has 0 saturated carbocycles. The van der Waals surface area contributed by atoms with Crippen LogP contribution in [-0.4, -0.2) is 36.6 Å². The monoisotopic (exact) mass is 251 g/mol. The molecule has 1 aromatic rings. The van der Waals surface area contributed by atoms with E-state index in [1.165, 1.54) is 0 Å². The fraction of sp³-hybridized carbons (Fsp3) is 0.571. The summed E-state index contributed by atoms with van der Waals surface area (Å²) >= 11 is 0. The minimum Gasteiger partial charge on any atom is -0.491 e. The molecule has 1 fully saturated rings. The van der Waals surface area contributed by atoms with E-state index in [0.717, 1.165) is 17.9 Å². The SMILES string of the molecule is CCC(C)Oc1cccc(NC2COCC2O)c1. The first-order chi connectivity index (χ1) is 8.69. The number of ether oxygens (including phenoxy) is 2. The van der Waals surface area contributed by atoms with Crippen molar-refractivity contribution in [1.29, 1.82) is 0 Å². The molecule has 0 bridgehead atoms. The zero-order valence-electron chi connectivity index (χ0n) is 10.9. The molecule has 0 spiro atoms. The van der Waals surface area contributed by atoms with E-state index in [1.807, 2.05) is 24.3 Å². The van der Waals surface area contributed by atoms with E-state index in [0.29, 0.717) is 13.2 Å². The van der Waals surface area contributed by atoms with Gasteiger partial charge in [-0.25, -0.2) is 0 Å². The topological polar surface area (TPSA) is 50.7 Å². The van der Waals surface area contributed by atoms with E-state index in [1.54, 1.807) is 0 Å². The van der Waals surface area contributed by atoms with Crippen LogP contribution in [0, 0.1) is 0 Å². The lowest BCUT2D eigenvalue weighted by atomic mass is 10.2. The number of benzene rings is 1. The van der Waals surface area contributed by atoms with Crippen LogP contribution in [0.3, 0.4) is 0 Å². The first kappa shape index (κ1) is 13.2. The summed E-state index contributed by atoms with van der Waals surface area (Å²) in [5.41, 5.74) is 0.949. The van der Waals surface area contributed by atoms with Gasteiger partial charge in [-0.1, -0.05) is 13.0 Å². The molecule has 18 heavy (non-hydrogen) atoms. The average molecular weight is 251 g/mol. The predicted octanol–water partition coefficient (Wildman–Crippen LogP) is 2.04. The summed E-state index contributed by atoms with van der Waals surface area (Å²) in [5.74, 6) is 0.850. The van der Waals surface area contributed by atoms with E-state index in [2.05, 4.69) is 19.2 Å². The highest BCUT2D eigenvalue weighted by molar-refractivity contribution is 5.49. The summed E-state index contributed by atoms with van der Waals surface area (Å²) in [7, 11) is 0. The molecule has 1 saturated heterocycles. The smallest absolute Gasteiger partial charge is 0.121 e. The molecule has 0 aliphatic carbocycles. The number of hydrogen-bond donors (Lipinski definition) is 2. The number of nitrogens with one attached hydrogen (secondary N) is 1. The molecule has 1 aliphatic rings. The van der Waals surface area contributed by atoms with Gasteiger partial charge in [0.1, 0.15) is 5.75 Å². The van der Waals surface area contributed by atoms with Gasteiger partial charge in [-0.05, 0) is 25.5 Å². The Hall–Kier alpha value is -1.26. The quantitative estimate of drug-likeness (QED) is 0.841. The molecule has 3 unspecified atom stereocenters. The number of aliphatic hydroxyl groups excluding tert-OH is 1. The summed E-state index contributed by atoms with van der Waals surface area (Å²) in [5, 5.41) is 13.0. The second-order valence-corrected chi connectivity index (χ2v) is 4.72. The number of hydrogen-bond acceptors (Lipinski definition) is 4. The molecule has 0 aromatic heterocycles. The van der Waals surface area contributed by atoms with E-state index >= 15 is 0 Å². The normalized spacial score (nSPS) is 24.8. The third-order valence-corrected chi connectivity index (χ3v) is 3.15. The van der Waals surface area contributed by atoms with E-state index in [9.17, 15) is 5.11 Å². The van der Waals surface area contributed by atoms with Crippen LogP contribution in [0.4, 0.5) is 5.69 Å². The Morgan fingerprint density at radius 2 is 2.33 bits per heavy atom. The first-order valence-corrected chi connectivity index (χ1v) is 6.48. The molecule has 1 heterocycles. The lowest BCUT2D eigenvalue weighted by molar-refractivity contribution is 0.125. The second-order valence-electron chi connectivity index (χ2n) is 4.72. The minimum absolute atomic E-state index is 0.0381. The third-order valence-electron chi connectivity index (χ3n) is 3.15. The highest BCUT2D eigenvalue weighted by atomic mass is 16.5. The average Bonchev–Trinajstić information content (AvgIpc) is 2.75. The molecule has 1 aromatic carbocycles. The van der Waals surface area contributed by atoms with E-state index in [4.69, 9.17) is 9.47 Å². The zero-order chi connectivity index (χ0) is 13.0. The van der Waals surface area contributed by atoms with Crippen molar-refractivity contribution in [3.8, 4) is 5.75 Å². The van der Waals surface area contributed by atoms with Crippen LogP contribution in [0.2, 0.25) is 0 Å².